The van der Waals surface area contributed by atoms with Crippen molar-refractivity contribution in [1.29, 1.82) is 0 Å². The Morgan fingerprint density at radius 2 is 1.91 bits per heavy atom. The molecule has 2 aromatic rings. The second-order valence-electron chi connectivity index (χ2n) is 5.66. The smallest absolute Gasteiger partial charge is 0.315 e. The number of nitrogens with zero attached hydrogens (tertiary/aromatic N) is 1. The molecule has 0 atom stereocenters. The number of furan rings is 1. The Labute approximate surface area is 137 Å². The minimum absolute atomic E-state index is 0.148. The maximum Gasteiger partial charge on any atom is 0.315 e. The number of carbonyl (C=O) groups is 1. The third-order valence-corrected chi connectivity index (χ3v) is 3.74. The van der Waals surface area contributed by atoms with Gasteiger partial charge in [-0.25, -0.2) is 4.79 Å². The molecule has 2 rings (SSSR count). The minimum Gasteiger partial charge on any atom is -0.466 e. The van der Waals surface area contributed by atoms with Crippen molar-refractivity contribution in [3.8, 4) is 0 Å². The molecule has 0 aliphatic carbocycles. The van der Waals surface area contributed by atoms with E-state index in [9.17, 15) is 4.79 Å². The van der Waals surface area contributed by atoms with Crippen molar-refractivity contribution in [2.24, 2.45) is 0 Å². The number of para-hydroxylation sites is 1. The molecule has 0 unspecified atom stereocenters. The molecule has 0 fully saturated rings. The van der Waals surface area contributed by atoms with Gasteiger partial charge >= 0.3 is 6.03 Å². The highest BCUT2D eigenvalue weighted by Gasteiger charge is 2.06. The number of aryl methyl sites for hydroxylation is 2. The highest BCUT2D eigenvalue weighted by atomic mass is 16.3. The van der Waals surface area contributed by atoms with E-state index in [0.717, 1.165) is 30.0 Å². The molecule has 0 saturated carbocycles. The summed E-state index contributed by atoms with van der Waals surface area (Å²) in [7, 11) is 2.05. The highest BCUT2D eigenvalue weighted by molar-refractivity contribution is 5.73. The Kier molecular flexibility index (Phi) is 6.09. The van der Waals surface area contributed by atoms with Crippen LogP contribution in [0, 0.1) is 13.8 Å². The van der Waals surface area contributed by atoms with Gasteiger partial charge in [0.05, 0.1) is 0 Å². The molecule has 0 aliphatic rings. The van der Waals surface area contributed by atoms with Gasteiger partial charge in [0.15, 0.2) is 0 Å². The van der Waals surface area contributed by atoms with E-state index in [1.165, 1.54) is 5.69 Å². The van der Waals surface area contributed by atoms with E-state index in [4.69, 9.17) is 4.42 Å². The summed E-state index contributed by atoms with van der Waals surface area (Å²) in [5.74, 6) is 1.72. The van der Waals surface area contributed by atoms with E-state index in [2.05, 4.69) is 34.7 Å². The summed E-state index contributed by atoms with van der Waals surface area (Å²) < 4.78 is 5.44. The molecule has 0 saturated heterocycles. The monoisotopic (exact) mass is 315 g/mol. The maximum absolute atomic E-state index is 11.8. The first-order valence-electron chi connectivity index (χ1n) is 7.90. The maximum atomic E-state index is 11.8. The van der Waals surface area contributed by atoms with Crippen molar-refractivity contribution < 1.29 is 9.21 Å². The van der Waals surface area contributed by atoms with Gasteiger partial charge in [-0.05, 0) is 38.5 Å². The molecule has 23 heavy (non-hydrogen) atoms. The van der Waals surface area contributed by atoms with Crippen LogP contribution in [0.3, 0.4) is 0 Å². The zero-order chi connectivity index (χ0) is 16.7. The Bertz CT molecular complexity index is 622. The van der Waals surface area contributed by atoms with E-state index >= 15 is 0 Å². The Balaban J connectivity index is 1.62. The highest BCUT2D eigenvalue weighted by Crippen LogP contribution is 2.13. The van der Waals surface area contributed by atoms with Gasteiger partial charge in [0, 0.05) is 37.9 Å². The standard InChI is InChI=1S/C18H25N3O2/c1-14-12-16(15(2)23-14)13-20-18(22)19-10-7-11-21(3)17-8-5-4-6-9-17/h4-6,8-9,12H,7,10-11,13H2,1-3H3,(H2,19,20,22). The lowest BCUT2D eigenvalue weighted by Gasteiger charge is -2.19. The fraction of sp³-hybridized carbons (Fsp3) is 0.389. The number of nitrogens with one attached hydrogen (secondary N) is 2. The molecular weight excluding hydrogens is 290 g/mol. The average molecular weight is 315 g/mol. The van der Waals surface area contributed by atoms with Crippen LogP contribution < -0.4 is 15.5 Å². The van der Waals surface area contributed by atoms with Crippen LogP contribution in [0.15, 0.2) is 40.8 Å². The van der Waals surface area contributed by atoms with Crippen molar-refractivity contribution in [1.82, 2.24) is 10.6 Å². The Morgan fingerprint density at radius 3 is 2.57 bits per heavy atom. The largest absolute Gasteiger partial charge is 0.466 e. The molecule has 1 heterocycles. The molecule has 5 nitrogen and oxygen atoms in total. The molecule has 0 aliphatic heterocycles. The van der Waals surface area contributed by atoms with Gasteiger partial charge < -0.3 is 20.0 Å². The van der Waals surface area contributed by atoms with Crippen LogP contribution in [0.25, 0.3) is 0 Å². The van der Waals surface area contributed by atoms with E-state index in [1.807, 2.05) is 38.1 Å². The summed E-state index contributed by atoms with van der Waals surface area (Å²) in [6.45, 7) is 5.83. The van der Waals surface area contributed by atoms with Crippen LogP contribution in [0.1, 0.15) is 23.5 Å². The first-order chi connectivity index (χ1) is 11.1. The van der Waals surface area contributed by atoms with Crippen molar-refractivity contribution in [2.45, 2.75) is 26.8 Å². The molecule has 0 spiro atoms. The number of carbonyl (C=O) groups excluding carboxylic acids is 1. The van der Waals surface area contributed by atoms with Gasteiger partial charge in [-0.1, -0.05) is 18.2 Å². The Hall–Kier alpha value is -2.43. The predicted octanol–water partition coefficient (Wildman–Crippen LogP) is 3.22. The number of rotatable bonds is 7. The fourth-order valence-electron chi connectivity index (χ4n) is 2.43. The molecule has 5 heteroatoms. The van der Waals surface area contributed by atoms with Crippen molar-refractivity contribution in [3.63, 3.8) is 0 Å². The van der Waals surface area contributed by atoms with Crippen molar-refractivity contribution in [2.75, 3.05) is 25.0 Å². The number of anilines is 1. The first kappa shape index (κ1) is 16.9. The van der Waals surface area contributed by atoms with Gasteiger partial charge in [-0.3, -0.25) is 0 Å². The van der Waals surface area contributed by atoms with Crippen LogP contribution >= 0.6 is 0 Å². The lowest BCUT2D eigenvalue weighted by atomic mass is 10.2. The quantitative estimate of drug-likeness (QED) is 0.771. The average Bonchev–Trinajstić information content (AvgIpc) is 2.88. The summed E-state index contributed by atoms with van der Waals surface area (Å²) in [5.41, 5.74) is 2.20. The molecule has 0 bridgehead atoms. The van der Waals surface area contributed by atoms with Gasteiger partial charge in [0.25, 0.3) is 0 Å². The third kappa shape index (κ3) is 5.36. The number of amides is 2. The molecule has 124 valence electrons. The summed E-state index contributed by atoms with van der Waals surface area (Å²) in [4.78, 5) is 14.0. The summed E-state index contributed by atoms with van der Waals surface area (Å²) in [6.07, 6.45) is 0.892. The predicted molar refractivity (Wildman–Crippen MR) is 92.7 cm³/mol. The van der Waals surface area contributed by atoms with Crippen LogP contribution in [0.4, 0.5) is 10.5 Å². The third-order valence-electron chi connectivity index (χ3n) is 3.74. The molecule has 1 aromatic carbocycles. The summed E-state index contributed by atoms with van der Waals surface area (Å²) in [6, 6.07) is 12.0. The topological polar surface area (TPSA) is 57.5 Å². The summed E-state index contributed by atoms with van der Waals surface area (Å²) >= 11 is 0. The number of urea groups is 1. The second kappa shape index (κ2) is 8.27. The van der Waals surface area contributed by atoms with Crippen LogP contribution in [-0.2, 0) is 6.54 Å². The zero-order valence-corrected chi connectivity index (χ0v) is 14.1. The van der Waals surface area contributed by atoms with Crippen molar-refractivity contribution in [3.05, 3.63) is 53.5 Å². The second-order valence-corrected chi connectivity index (χ2v) is 5.66. The number of hydrogen-bond acceptors (Lipinski definition) is 3. The van der Waals surface area contributed by atoms with Crippen LogP contribution in [0.2, 0.25) is 0 Å². The van der Waals surface area contributed by atoms with Gasteiger partial charge in [-0.2, -0.15) is 0 Å². The lowest BCUT2D eigenvalue weighted by Crippen LogP contribution is -2.36. The lowest BCUT2D eigenvalue weighted by molar-refractivity contribution is 0.240. The first-order valence-corrected chi connectivity index (χ1v) is 7.90. The number of hydrogen-bond donors (Lipinski definition) is 2. The Morgan fingerprint density at radius 1 is 1.17 bits per heavy atom. The zero-order valence-electron chi connectivity index (χ0n) is 14.1. The van der Waals surface area contributed by atoms with Crippen LogP contribution in [0.5, 0.6) is 0 Å². The molecular formula is C18H25N3O2. The normalized spacial score (nSPS) is 10.4. The van der Waals surface area contributed by atoms with E-state index in [0.29, 0.717) is 13.1 Å². The van der Waals surface area contributed by atoms with Crippen molar-refractivity contribution >= 4 is 11.7 Å². The van der Waals surface area contributed by atoms with E-state index in [-0.39, 0.29) is 6.03 Å². The number of benzene rings is 1. The molecule has 2 N–H and O–H groups in total. The van der Waals surface area contributed by atoms with Crippen LogP contribution in [-0.4, -0.2) is 26.2 Å². The van der Waals surface area contributed by atoms with Gasteiger partial charge in [0.2, 0.25) is 0 Å². The van der Waals surface area contributed by atoms with Gasteiger partial charge in [0.1, 0.15) is 11.5 Å². The molecule has 2 amide bonds. The van der Waals surface area contributed by atoms with E-state index in [1.54, 1.807) is 0 Å². The minimum atomic E-state index is -0.148. The molecule has 0 radical (unpaired) electrons. The van der Waals surface area contributed by atoms with E-state index < -0.39 is 0 Å². The SMILES string of the molecule is Cc1cc(CNC(=O)NCCCN(C)c2ccccc2)c(C)o1. The fourth-order valence-corrected chi connectivity index (χ4v) is 2.43. The van der Waals surface area contributed by atoms with Gasteiger partial charge in [-0.15, -0.1) is 0 Å². The molecule has 1 aromatic heterocycles. The summed E-state index contributed by atoms with van der Waals surface area (Å²) in [5, 5.41) is 5.73.